The number of rotatable bonds is 22. The van der Waals surface area contributed by atoms with Crippen LogP contribution < -0.4 is 20.7 Å². The number of esters is 1. The number of aromatic nitrogens is 1. The molecule has 14 nitrogen and oxygen atoms in total. The number of β-lactam (4-membered cyclic amide) rings is 1. The number of alkyl carbamates (subject to hydrolysis) is 1. The lowest BCUT2D eigenvalue weighted by atomic mass is 9.77. The molecule has 3 amide bonds. The summed E-state index contributed by atoms with van der Waals surface area (Å²) >= 11 is 2.63. The number of carbonyl (C=O) groups excluding carboxylic acids is 4. The SMILES string of the molecule is C=CCNC(=O)OC/C=C\C1=C(C(=O)OCc2ccc(OC)cc2)N2C(=O)C(NC(=O)/C(=N\OC(c3ccccc3)(c3ccccc3)c3ccccc3)c3csc(NC(c4ccccc4)(c4ccccc4)c4ccccc4)n3)[C@H]2SC1. The number of anilines is 1. The van der Waals surface area contributed by atoms with Gasteiger partial charge in [0.15, 0.2) is 10.8 Å². The number of allylic oxidation sites excluding steroid dienone is 1. The molecule has 7 aromatic carbocycles. The number of hydrogen-bond donors (Lipinski definition) is 3. The first-order valence-corrected chi connectivity index (χ1v) is 28.0. The lowest BCUT2D eigenvalue weighted by molar-refractivity contribution is -0.153. The van der Waals surface area contributed by atoms with Gasteiger partial charge in [-0.05, 0) is 46.0 Å². The largest absolute Gasteiger partial charge is 0.497 e. The van der Waals surface area contributed by atoms with Gasteiger partial charge < -0.3 is 35.0 Å². The van der Waals surface area contributed by atoms with Crippen molar-refractivity contribution in [2.75, 3.05) is 31.3 Å². The molecule has 1 unspecified atom stereocenters. The molecule has 1 fully saturated rings. The highest BCUT2D eigenvalue weighted by Gasteiger charge is 2.55. The Labute approximate surface area is 477 Å². The van der Waals surface area contributed by atoms with Crippen LogP contribution in [0.5, 0.6) is 5.75 Å². The fourth-order valence-electron chi connectivity index (χ4n) is 9.81. The van der Waals surface area contributed by atoms with Gasteiger partial charge in [-0.1, -0.05) is 211 Å². The number of carbonyl (C=O) groups is 4. The summed E-state index contributed by atoms with van der Waals surface area (Å²) in [7, 11) is 1.56. The Morgan fingerprint density at radius 3 is 1.74 bits per heavy atom. The average Bonchev–Trinajstić information content (AvgIpc) is 4.13. The van der Waals surface area contributed by atoms with Crippen molar-refractivity contribution in [1.82, 2.24) is 20.5 Å². The first-order valence-electron chi connectivity index (χ1n) is 26.0. The van der Waals surface area contributed by atoms with Gasteiger partial charge >= 0.3 is 12.1 Å². The molecule has 16 heteroatoms. The summed E-state index contributed by atoms with van der Waals surface area (Å²) in [6, 6.07) is 65.2. The summed E-state index contributed by atoms with van der Waals surface area (Å²) in [6.45, 7) is 3.60. The van der Waals surface area contributed by atoms with E-state index >= 15 is 4.79 Å². The lowest BCUT2D eigenvalue weighted by Crippen LogP contribution is -2.71. The zero-order valence-corrected chi connectivity index (χ0v) is 45.7. The summed E-state index contributed by atoms with van der Waals surface area (Å²) in [5.41, 5.74) is 3.80. The van der Waals surface area contributed by atoms with Crippen LogP contribution in [0.15, 0.2) is 253 Å². The van der Waals surface area contributed by atoms with Crippen LogP contribution in [-0.4, -0.2) is 76.9 Å². The Bertz CT molecular complexity index is 3370. The van der Waals surface area contributed by atoms with E-state index in [4.69, 9.17) is 29.2 Å². The molecule has 2 aliphatic rings. The quantitative estimate of drug-likeness (QED) is 0.0147. The van der Waals surface area contributed by atoms with E-state index in [9.17, 15) is 14.4 Å². The molecule has 0 bridgehead atoms. The summed E-state index contributed by atoms with van der Waals surface area (Å²) in [4.78, 5) is 70.0. The number of hydrogen-bond acceptors (Lipinski definition) is 13. The van der Waals surface area contributed by atoms with E-state index in [0.717, 1.165) is 33.4 Å². The van der Waals surface area contributed by atoms with Crippen LogP contribution in [0.3, 0.4) is 0 Å². The first-order chi connectivity index (χ1) is 39.7. The van der Waals surface area contributed by atoms with Crippen molar-refractivity contribution in [2.45, 2.75) is 29.2 Å². The molecule has 0 spiro atoms. The first kappa shape index (κ1) is 54.8. The number of thiazole rings is 1. The van der Waals surface area contributed by atoms with E-state index in [1.54, 1.807) is 48.9 Å². The summed E-state index contributed by atoms with van der Waals surface area (Å²) in [5.74, 6) is -1.20. The monoisotopic (exact) mass is 1110 g/mol. The van der Waals surface area contributed by atoms with E-state index in [0.29, 0.717) is 22.0 Å². The van der Waals surface area contributed by atoms with Gasteiger partial charge in [0.05, 0.1) is 7.11 Å². The number of nitrogens with zero attached hydrogens (tertiary/aromatic N) is 3. The van der Waals surface area contributed by atoms with E-state index < -0.39 is 46.4 Å². The van der Waals surface area contributed by atoms with Crippen molar-refractivity contribution >= 4 is 57.8 Å². The van der Waals surface area contributed by atoms with Gasteiger partial charge in [-0.25, -0.2) is 14.6 Å². The van der Waals surface area contributed by atoms with Crippen LogP contribution in [-0.2, 0) is 46.4 Å². The molecule has 3 heterocycles. The number of oxime groups is 1. The molecule has 2 atom stereocenters. The third kappa shape index (κ3) is 11.8. The molecular formula is C65H56N6O8S2. The van der Waals surface area contributed by atoms with E-state index in [1.807, 2.05) is 146 Å². The van der Waals surface area contributed by atoms with Gasteiger partial charge in [-0.2, -0.15) is 0 Å². The number of ether oxygens (including phenoxy) is 3. The highest BCUT2D eigenvalue weighted by atomic mass is 32.2. The molecule has 1 aromatic heterocycles. The third-order valence-electron chi connectivity index (χ3n) is 13.7. The number of fused-ring (bicyclic) bond motifs is 1. The van der Waals surface area contributed by atoms with Crippen molar-refractivity contribution in [2.24, 2.45) is 5.16 Å². The Hall–Kier alpha value is -9.51. The fourth-order valence-corrected chi connectivity index (χ4v) is 11.9. The smallest absolute Gasteiger partial charge is 0.407 e. The van der Waals surface area contributed by atoms with Crippen LogP contribution in [0.2, 0.25) is 0 Å². The highest BCUT2D eigenvalue weighted by molar-refractivity contribution is 8.00. The second-order valence-electron chi connectivity index (χ2n) is 18.7. The molecule has 10 rings (SSSR count). The second kappa shape index (κ2) is 25.5. The molecule has 406 valence electrons. The van der Waals surface area contributed by atoms with Gasteiger partial charge in [-0.3, -0.25) is 14.5 Å². The van der Waals surface area contributed by atoms with Crippen LogP contribution in [0.1, 0.15) is 44.6 Å². The normalized spacial score (nSPS) is 15.2. The van der Waals surface area contributed by atoms with Gasteiger partial charge in [0.2, 0.25) is 5.60 Å². The Balaban J connectivity index is 1.03. The maximum Gasteiger partial charge on any atom is 0.407 e. The fraction of sp³-hybridized carbons (Fsp3) is 0.138. The average molecular weight is 1110 g/mol. The maximum absolute atomic E-state index is 15.4. The molecule has 0 radical (unpaired) electrons. The molecule has 2 aliphatic heterocycles. The number of methoxy groups -OCH3 is 1. The van der Waals surface area contributed by atoms with Crippen LogP contribution in [0.25, 0.3) is 0 Å². The molecule has 0 saturated carbocycles. The van der Waals surface area contributed by atoms with Crippen molar-refractivity contribution in [3.05, 3.63) is 292 Å². The van der Waals surface area contributed by atoms with Crippen molar-refractivity contribution < 1.29 is 38.2 Å². The topological polar surface area (TPSA) is 170 Å². The molecule has 8 aromatic rings. The Morgan fingerprint density at radius 2 is 1.23 bits per heavy atom. The van der Waals surface area contributed by atoms with Crippen LogP contribution in [0.4, 0.5) is 9.93 Å². The Morgan fingerprint density at radius 1 is 0.716 bits per heavy atom. The van der Waals surface area contributed by atoms with E-state index in [-0.39, 0.29) is 42.6 Å². The minimum Gasteiger partial charge on any atom is -0.497 e. The van der Waals surface area contributed by atoms with Gasteiger partial charge in [0, 0.05) is 34.4 Å². The third-order valence-corrected chi connectivity index (χ3v) is 15.8. The van der Waals surface area contributed by atoms with E-state index in [2.05, 4.69) is 58.9 Å². The van der Waals surface area contributed by atoms with Gasteiger partial charge in [0.1, 0.15) is 47.3 Å². The lowest BCUT2D eigenvalue weighted by Gasteiger charge is -2.49. The zero-order chi connectivity index (χ0) is 56.0. The van der Waals surface area contributed by atoms with Crippen molar-refractivity contribution in [3.63, 3.8) is 0 Å². The number of nitrogens with one attached hydrogen (secondary N) is 3. The van der Waals surface area contributed by atoms with Crippen molar-refractivity contribution in [3.8, 4) is 5.75 Å². The van der Waals surface area contributed by atoms with Gasteiger partial charge in [-0.15, -0.1) is 29.7 Å². The Kier molecular flexibility index (Phi) is 17.3. The molecular weight excluding hydrogens is 1060 g/mol. The summed E-state index contributed by atoms with van der Waals surface area (Å²) in [5, 5.41) is 15.7. The predicted molar refractivity (Wildman–Crippen MR) is 315 cm³/mol. The van der Waals surface area contributed by atoms with Crippen LogP contribution >= 0.6 is 23.1 Å². The molecule has 1 saturated heterocycles. The molecule has 81 heavy (non-hydrogen) atoms. The summed E-state index contributed by atoms with van der Waals surface area (Å²) in [6.07, 6.45) is 4.09. The number of amides is 3. The molecule has 0 aliphatic carbocycles. The minimum absolute atomic E-state index is 0.000315. The zero-order valence-electron chi connectivity index (χ0n) is 44.1. The second-order valence-corrected chi connectivity index (χ2v) is 20.6. The van der Waals surface area contributed by atoms with Gasteiger partial charge in [0.25, 0.3) is 11.8 Å². The highest BCUT2D eigenvalue weighted by Crippen LogP contribution is 2.44. The maximum atomic E-state index is 15.4. The standard InChI is InChI=1S/C65H56N6O8S2/c1-3-40-66-63(75)77-41-22-23-46-43-80-60-56(59(73)71(60)57(46)61(74)78-42-45-36-38-53(76-2)39-37-45)68-58(72)55(70-79-65(50-30-16-7-17-31-50,51-32-18-8-19-33-51)52-34-20-9-21-35-52)54-44-81-62(67-54)69-64(47-24-10-4-11-25-47,48-26-12-5-13-27-48)49-28-14-6-15-29-49/h3-39,44,56,60H,1,40-43H2,2H3,(H,66,75)(H,67,69)(H,68,72)/b23-22-,70-55-/t56?,60-/m1/s1. The minimum atomic E-state index is -1.39. The summed E-state index contributed by atoms with van der Waals surface area (Å²) < 4.78 is 16.4. The van der Waals surface area contributed by atoms with Crippen molar-refractivity contribution in [1.29, 1.82) is 0 Å². The van der Waals surface area contributed by atoms with Crippen LogP contribution in [0, 0.1) is 0 Å². The molecule has 3 N–H and O–H groups in total. The van der Waals surface area contributed by atoms with E-state index in [1.165, 1.54) is 34.1 Å². The number of benzene rings is 7. The number of thioether (sulfide) groups is 1. The predicted octanol–water partition coefficient (Wildman–Crippen LogP) is 11.1.